The Morgan fingerprint density at radius 3 is 2.62 bits per heavy atom. The van der Waals surface area contributed by atoms with Gasteiger partial charge in [0, 0.05) is 17.0 Å². The van der Waals surface area contributed by atoms with Crippen LogP contribution in [0.4, 0.5) is 18.0 Å². The number of hydrogen-bond acceptors (Lipinski definition) is 9. The van der Waals surface area contributed by atoms with Gasteiger partial charge in [-0.25, -0.2) is 9.59 Å². The molecule has 1 aliphatic rings. The molecule has 0 spiro atoms. The lowest BCUT2D eigenvalue weighted by molar-refractivity contribution is -0.758. The maximum Gasteiger partial charge on any atom is 0.511 e. The molecule has 1 aromatic carbocycles. The summed E-state index contributed by atoms with van der Waals surface area (Å²) in [5.74, 6) is -1.51. The predicted octanol–water partition coefficient (Wildman–Crippen LogP) is 4.00. The zero-order chi connectivity index (χ0) is 24.1. The van der Waals surface area contributed by atoms with Gasteiger partial charge in [-0.1, -0.05) is 11.6 Å². The first-order chi connectivity index (χ1) is 14.9. The van der Waals surface area contributed by atoms with Crippen molar-refractivity contribution in [3.05, 3.63) is 44.0 Å². The molecule has 0 N–H and O–H groups in total. The molecule has 0 aromatic heterocycles. The van der Waals surface area contributed by atoms with Crippen molar-refractivity contribution in [1.82, 2.24) is 0 Å². The third-order valence-corrected chi connectivity index (χ3v) is 4.23. The molecule has 0 radical (unpaired) electrons. The van der Waals surface area contributed by atoms with Gasteiger partial charge in [-0.05, 0) is 37.6 Å². The third kappa shape index (κ3) is 6.90. The monoisotopic (exact) mass is 483 g/mol. The topological polar surface area (TPSA) is 123 Å². The van der Waals surface area contributed by atoms with E-state index < -0.39 is 48.0 Å². The van der Waals surface area contributed by atoms with Crippen molar-refractivity contribution in [3.63, 3.8) is 0 Å². The molecular formula is C18H17ClF3NO9. The molecule has 14 heteroatoms. The van der Waals surface area contributed by atoms with E-state index in [0.29, 0.717) is 5.56 Å². The number of aryl methyl sites for hydroxylation is 1. The van der Waals surface area contributed by atoms with Crippen LogP contribution in [0.15, 0.2) is 17.7 Å². The Morgan fingerprint density at radius 2 is 2.00 bits per heavy atom. The van der Waals surface area contributed by atoms with Crippen LogP contribution in [0.3, 0.4) is 0 Å². The van der Waals surface area contributed by atoms with E-state index in [1.165, 1.54) is 26.0 Å². The molecule has 176 valence electrons. The summed E-state index contributed by atoms with van der Waals surface area (Å²) in [5, 5.41) is 9.24. The highest BCUT2D eigenvalue weighted by Gasteiger charge is 2.49. The third-order valence-electron chi connectivity index (χ3n) is 4.02. The molecule has 32 heavy (non-hydrogen) atoms. The molecule has 0 fully saturated rings. The molecule has 0 aliphatic carbocycles. The number of alkyl halides is 3. The highest BCUT2D eigenvalue weighted by atomic mass is 35.5. The van der Waals surface area contributed by atoms with Crippen molar-refractivity contribution >= 4 is 29.8 Å². The summed E-state index contributed by atoms with van der Waals surface area (Å²) < 4.78 is 59.1. The van der Waals surface area contributed by atoms with Gasteiger partial charge in [0.15, 0.2) is 0 Å². The summed E-state index contributed by atoms with van der Waals surface area (Å²) in [6.07, 6.45) is -8.78. The van der Waals surface area contributed by atoms with E-state index in [1.54, 1.807) is 0 Å². The smallest absolute Gasteiger partial charge is 0.475 e. The lowest BCUT2D eigenvalue weighted by Crippen LogP contribution is -2.41. The van der Waals surface area contributed by atoms with Crippen molar-refractivity contribution < 1.29 is 51.6 Å². The fourth-order valence-corrected chi connectivity index (χ4v) is 2.90. The van der Waals surface area contributed by atoms with Gasteiger partial charge in [-0.15, -0.1) is 10.1 Å². The van der Waals surface area contributed by atoms with Gasteiger partial charge < -0.3 is 23.8 Å². The van der Waals surface area contributed by atoms with Gasteiger partial charge >= 0.3 is 18.3 Å². The van der Waals surface area contributed by atoms with Crippen molar-refractivity contribution in [2.45, 2.75) is 38.7 Å². The van der Waals surface area contributed by atoms with E-state index in [-0.39, 0.29) is 29.4 Å². The Balaban J connectivity index is 1.99. The van der Waals surface area contributed by atoms with Crippen LogP contribution in [-0.4, -0.2) is 49.0 Å². The molecule has 2 atom stereocenters. The highest BCUT2D eigenvalue weighted by molar-refractivity contribution is 6.30. The van der Waals surface area contributed by atoms with Crippen LogP contribution >= 0.6 is 11.6 Å². The summed E-state index contributed by atoms with van der Waals surface area (Å²) in [4.78, 5) is 37.8. The number of rotatable bonds is 8. The Bertz CT molecular complexity index is 920. The fourth-order valence-electron chi connectivity index (χ4n) is 2.62. The van der Waals surface area contributed by atoms with Crippen molar-refractivity contribution in [3.8, 4) is 5.75 Å². The molecule has 1 unspecified atom stereocenters. The zero-order valence-corrected chi connectivity index (χ0v) is 17.4. The number of ether oxygens (including phenoxy) is 4. The zero-order valence-electron chi connectivity index (χ0n) is 16.6. The number of esters is 1. The van der Waals surface area contributed by atoms with Crippen molar-refractivity contribution in [1.29, 1.82) is 0 Å². The second-order valence-electron chi connectivity index (χ2n) is 6.50. The fraction of sp³-hybridized carbons (Fsp3) is 0.444. The van der Waals surface area contributed by atoms with E-state index in [1.807, 2.05) is 0 Å². The molecule has 0 bridgehead atoms. The average molecular weight is 484 g/mol. The average Bonchev–Trinajstić information content (AvgIpc) is 2.65. The number of benzene rings is 1. The quantitative estimate of drug-likeness (QED) is 0.233. The van der Waals surface area contributed by atoms with Gasteiger partial charge in [-0.2, -0.15) is 13.2 Å². The van der Waals surface area contributed by atoms with Gasteiger partial charge in [0.25, 0.3) is 5.09 Å². The van der Waals surface area contributed by atoms with Crippen molar-refractivity contribution in [2.24, 2.45) is 0 Å². The first-order valence-electron chi connectivity index (χ1n) is 8.91. The van der Waals surface area contributed by atoms with Gasteiger partial charge in [0.05, 0.1) is 12.2 Å². The molecule has 10 nitrogen and oxygen atoms in total. The molecule has 1 heterocycles. The molecule has 1 aliphatic heterocycles. The molecule has 1 aromatic rings. The number of carbonyl (C=O) groups is 2. The lowest BCUT2D eigenvalue weighted by Gasteiger charge is -2.28. The molecule has 0 saturated heterocycles. The summed E-state index contributed by atoms with van der Waals surface area (Å²) >= 11 is 5.91. The summed E-state index contributed by atoms with van der Waals surface area (Å²) in [5.41, 5.74) is -0.378. The standard InChI is InChI=1S/C18H17ClF3NO9/c1-9-5-12(19)6-11-7-13(15(18(20,21)22)32-14(9)11)16(24)28-8-29-17(25)31-10(2)3-4-30-23(26)27/h5-7,10,15H,3-4,8H2,1-2H3/t10-,15?/m0/s1. The van der Waals surface area contributed by atoms with Crippen LogP contribution < -0.4 is 4.74 Å². The maximum absolute atomic E-state index is 13.4. The van der Waals surface area contributed by atoms with Crippen LogP contribution in [0.5, 0.6) is 5.75 Å². The first kappa shape index (κ1) is 25.0. The highest BCUT2D eigenvalue weighted by Crippen LogP contribution is 2.40. The lowest BCUT2D eigenvalue weighted by atomic mass is 9.99. The molecule has 2 rings (SSSR count). The Kier molecular flexibility index (Phi) is 8.14. The minimum absolute atomic E-state index is 0.0330. The van der Waals surface area contributed by atoms with Gasteiger partial charge in [-0.3, -0.25) is 0 Å². The molecule has 0 saturated carbocycles. The Hall–Kier alpha value is -3.22. The minimum atomic E-state index is -4.93. The van der Waals surface area contributed by atoms with Crippen LogP contribution in [0, 0.1) is 17.0 Å². The number of carbonyl (C=O) groups excluding carboxylic acids is 2. The number of fused-ring (bicyclic) bond motifs is 1. The van der Waals surface area contributed by atoms with Crippen molar-refractivity contribution in [2.75, 3.05) is 13.4 Å². The minimum Gasteiger partial charge on any atom is -0.475 e. The Labute approximate surface area is 183 Å². The number of halogens is 4. The summed E-state index contributed by atoms with van der Waals surface area (Å²) in [7, 11) is 0. The second-order valence-corrected chi connectivity index (χ2v) is 6.93. The number of nitrogens with zero attached hydrogens (tertiary/aromatic N) is 1. The molecular weight excluding hydrogens is 467 g/mol. The number of hydrogen-bond donors (Lipinski definition) is 0. The summed E-state index contributed by atoms with van der Waals surface area (Å²) in [6, 6.07) is 2.73. The van der Waals surface area contributed by atoms with Crippen LogP contribution in [-0.2, 0) is 23.8 Å². The van der Waals surface area contributed by atoms with Gasteiger partial charge in [0.1, 0.15) is 11.9 Å². The van der Waals surface area contributed by atoms with E-state index in [2.05, 4.69) is 14.3 Å². The summed E-state index contributed by atoms with van der Waals surface area (Å²) in [6.45, 7) is 1.51. The predicted molar refractivity (Wildman–Crippen MR) is 100 cm³/mol. The van der Waals surface area contributed by atoms with E-state index in [0.717, 1.165) is 6.08 Å². The van der Waals surface area contributed by atoms with E-state index in [4.69, 9.17) is 21.1 Å². The van der Waals surface area contributed by atoms with Crippen LogP contribution in [0.25, 0.3) is 6.08 Å². The Morgan fingerprint density at radius 1 is 1.31 bits per heavy atom. The first-order valence-corrected chi connectivity index (χ1v) is 9.29. The second kappa shape index (κ2) is 10.4. The molecule has 0 amide bonds. The normalized spacial score (nSPS) is 16.1. The van der Waals surface area contributed by atoms with Gasteiger partial charge in [0.2, 0.25) is 12.9 Å². The maximum atomic E-state index is 13.4. The van der Waals surface area contributed by atoms with Crippen LogP contribution in [0.2, 0.25) is 5.02 Å². The SMILES string of the molecule is Cc1cc(Cl)cc2c1OC(C(F)(F)F)C(C(=O)OCOC(=O)O[C@@H](C)CCO[N+](=O)[O-])=C2. The van der Waals surface area contributed by atoms with E-state index >= 15 is 0 Å². The van der Waals surface area contributed by atoms with E-state index in [9.17, 15) is 32.9 Å². The van der Waals surface area contributed by atoms with Crippen LogP contribution in [0.1, 0.15) is 24.5 Å². The largest absolute Gasteiger partial charge is 0.511 e.